The number of carbonyl (C=O) groups excluding carboxylic acids is 1. The quantitative estimate of drug-likeness (QED) is 0.665. The summed E-state index contributed by atoms with van der Waals surface area (Å²) in [5.74, 6) is 0.883. The lowest BCUT2D eigenvalue weighted by molar-refractivity contribution is 0.276. The molecule has 0 spiro atoms. The molecule has 0 aliphatic rings. The third kappa shape index (κ3) is 6.41. The Morgan fingerprint density at radius 2 is 1.50 bits per heavy atom. The molecule has 0 aromatic carbocycles. The largest absolute Gasteiger partial charge is 0.396 e. The Balaban J connectivity index is 3.09. The summed E-state index contributed by atoms with van der Waals surface area (Å²) in [6, 6.07) is 0. The minimum atomic E-state index is -0.0388. The maximum Gasteiger partial charge on any atom is 0.246 e. The predicted octanol–water partition coefficient (Wildman–Crippen LogP) is 0.557. The van der Waals surface area contributed by atoms with Gasteiger partial charge in [-0.1, -0.05) is 23.5 Å². The Hall–Kier alpha value is 0.290. The molecule has 0 atom stereocenters. The van der Waals surface area contributed by atoms with Crippen molar-refractivity contribution in [3.8, 4) is 0 Å². The van der Waals surface area contributed by atoms with Crippen molar-refractivity contribution in [2.75, 3.05) is 24.7 Å². The Kier molecular flexibility index (Phi) is 7.61. The van der Waals surface area contributed by atoms with Gasteiger partial charge in [0.2, 0.25) is 4.45 Å². The van der Waals surface area contributed by atoms with Crippen LogP contribution in [0.1, 0.15) is 0 Å². The minimum absolute atomic E-state index is 0.0239. The van der Waals surface area contributed by atoms with Crippen LogP contribution in [0, 0.1) is 0 Å². The molecule has 0 heterocycles. The van der Waals surface area contributed by atoms with Gasteiger partial charge in [-0.05, 0) is 0 Å². The van der Waals surface area contributed by atoms with E-state index < -0.39 is 0 Å². The fourth-order valence-electron chi connectivity index (χ4n) is 0.300. The molecule has 0 aliphatic heterocycles. The van der Waals surface area contributed by atoms with Gasteiger partial charge in [-0.15, -0.1) is 0 Å². The van der Waals surface area contributed by atoms with E-state index in [0.717, 1.165) is 23.5 Å². The molecule has 0 aromatic rings. The fraction of sp³-hybridized carbons (Fsp3) is 0.800. The first-order valence-corrected chi connectivity index (χ1v) is 4.79. The molecule has 5 heteroatoms. The molecular weight excluding hydrogens is 172 g/mol. The highest BCUT2D eigenvalue weighted by molar-refractivity contribution is 8.38. The highest BCUT2D eigenvalue weighted by atomic mass is 32.2. The Morgan fingerprint density at radius 3 is 1.80 bits per heavy atom. The maximum atomic E-state index is 10.7. The Labute approximate surface area is 68.2 Å². The summed E-state index contributed by atoms with van der Waals surface area (Å²) in [5, 5.41) is 16.6. The first kappa shape index (κ1) is 10.3. The van der Waals surface area contributed by atoms with Crippen LogP contribution in [-0.4, -0.2) is 39.4 Å². The van der Waals surface area contributed by atoms with Crippen LogP contribution >= 0.6 is 23.5 Å². The van der Waals surface area contributed by atoms with Crippen molar-refractivity contribution in [1.29, 1.82) is 0 Å². The monoisotopic (exact) mass is 182 g/mol. The van der Waals surface area contributed by atoms with Gasteiger partial charge >= 0.3 is 0 Å². The second kappa shape index (κ2) is 7.40. The van der Waals surface area contributed by atoms with Crippen molar-refractivity contribution in [1.82, 2.24) is 0 Å². The second-order valence-electron chi connectivity index (χ2n) is 1.39. The van der Waals surface area contributed by atoms with Gasteiger partial charge in [-0.2, -0.15) is 0 Å². The molecule has 0 fully saturated rings. The van der Waals surface area contributed by atoms with E-state index in [-0.39, 0.29) is 17.7 Å². The lowest BCUT2D eigenvalue weighted by Gasteiger charge is -1.94. The number of thioether (sulfide) groups is 2. The number of rotatable bonds is 4. The molecule has 0 aliphatic carbocycles. The molecule has 0 saturated carbocycles. The third-order valence-electron chi connectivity index (χ3n) is 0.622. The predicted molar refractivity (Wildman–Crippen MR) is 44.5 cm³/mol. The van der Waals surface area contributed by atoms with E-state index in [2.05, 4.69) is 0 Å². The van der Waals surface area contributed by atoms with Gasteiger partial charge in [0.1, 0.15) is 0 Å². The number of aliphatic hydroxyl groups excluding tert-OH is 2. The van der Waals surface area contributed by atoms with E-state index in [1.165, 1.54) is 0 Å². The molecule has 0 aromatic heterocycles. The number of aliphatic hydroxyl groups is 2. The van der Waals surface area contributed by atoms with Gasteiger partial charge in [0.15, 0.2) is 0 Å². The average molecular weight is 182 g/mol. The van der Waals surface area contributed by atoms with E-state index in [4.69, 9.17) is 10.2 Å². The summed E-state index contributed by atoms with van der Waals surface area (Å²) in [7, 11) is 0. The van der Waals surface area contributed by atoms with Gasteiger partial charge in [0.05, 0.1) is 13.2 Å². The average Bonchev–Trinajstić information content (AvgIpc) is 1.97. The molecule has 0 unspecified atom stereocenters. The van der Waals surface area contributed by atoms with Crippen LogP contribution in [0.5, 0.6) is 0 Å². The lowest BCUT2D eigenvalue weighted by Crippen LogP contribution is -1.93. The third-order valence-corrected chi connectivity index (χ3v) is 2.57. The van der Waals surface area contributed by atoms with Crippen molar-refractivity contribution >= 4 is 28.0 Å². The van der Waals surface area contributed by atoms with Crippen molar-refractivity contribution in [2.45, 2.75) is 0 Å². The highest BCUT2D eigenvalue weighted by Crippen LogP contribution is 2.14. The minimum Gasteiger partial charge on any atom is -0.396 e. The van der Waals surface area contributed by atoms with Crippen LogP contribution < -0.4 is 0 Å². The van der Waals surface area contributed by atoms with Crippen molar-refractivity contribution in [3.05, 3.63) is 0 Å². The zero-order valence-corrected chi connectivity index (χ0v) is 7.08. The first-order valence-electron chi connectivity index (χ1n) is 2.82. The Morgan fingerprint density at radius 1 is 1.10 bits per heavy atom. The molecule has 2 N–H and O–H groups in total. The van der Waals surface area contributed by atoms with E-state index >= 15 is 0 Å². The van der Waals surface area contributed by atoms with E-state index in [9.17, 15) is 4.79 Å². The van der Waals surface area contributed by atoms with Gasteiger partial charge in [0.25, 0.3) is 0 Å². The molecule has 60 valence electrons. The standard InChI is InChI=1S/C5H10O3S2/c6-1-3-9-5(8)10-4-2-7/h6-7H,1-4H2. The molecule has 0 radical (unpaired) electrons. The molecule has 0 amide bonds. The molecule has 0 bridgehead atoms. The van der Waals surface area contributed by atoms with Crippen LogP contribution in [-0.2, 0) is 0 Å². The number of hydrogen-bond donors (Lipinski definition) is 2. The van der Waals surface area contributed by atoms with E-state index in [1.54, 1.807) is 0 Å². The Bertz CT molecular complexity index is 86.9. The smallest absolute Gasteiger partial charge is 0.246 e. The second-order valence-corrected chi connectivity index (χ2v) is 3.79. The van der Waals surface area contributed by atoms with Crippen LogP contribution in [0.2, 0.25) is 0 Å². The molecule has 0 saturated heterocycles. The molecule has 0 rings (SSSR count). The van der Waals surface area contributed by atoms with Crippen LogP contribution in [0.25, 0.3) is 0 Å². The van der Waals surface area contributed by atoms with Crippen molar-refractivity contribution in [3.63, 3.8) is 0 Å². The fourth-order valence-corrected chi connectivity index (χ4v) is 1.65. The molecule has 10 heavy (non-hydrogen) atoms. The molecular formula is C5H10O3S2. The summed E-state index contributed by atoms with van der Waals surface area (Å²) in [5.41, 5.74) is 0. The van der Waals surface area contributed by atoms with E-state index in [1.807, 2.05) is 0 Å². The maximum absolute atomic E-state index is 10.7. The summed E-state index contributed by atoms with van der Waals surface area (Å²) in [6.45, 7) is 0.0478. The van der Waals surface area contributed by atoms with Crippen LogP contribution in [0.15, 0.2) is 0 Å². The van der Waals surface area contributed by atoms with Crippen LogP contribution in [0.3, 0.4) is 0 Å². The van der Waals surface area contributed by atoms with Gasteiger partial charge in [0, 0.05) is 11.5 Å². The summed E-state index contributed by atoms with van der Waals surface area (Å²) in [4.78, 5) is 10.7. The van der Waals surface area contributed by atoms with Gasteiger partial charge < -0.3 is 10.2 Å². The summed E-state index contributed by atoms with van der Waals surface area (Å²) in [6.07, 6.45) is 0. The highest BCUT2D eigenvalue weighted by Gasteiger charge is 2.00. The summed E-state index contributed by atoms with van der Waals surface area (Å²) >= 11 is 2.16. The van der Waals surface area contributed by atoms with Crippen molar-refractivity contribution < 1.29 is 15.0 Å². The SMILES string of the molecule is O=C(SCCO)SCCO. The van der Waals surface area contributed by atoms with Gasteiger partial charge in [-0.25, -0.2) is 0 Å². The summed E-state index contributed by atoms with van der Waals surface area (Å²) < 4.78 is -0.0388. The number of carbonyl (C=O) groups is 1. The lowest BCUT2D eigenvalue weighted by atomic mass is 10.9. The van der Waals surface area contributed by atoms with Gasteiger partial charge in [-0.3, -0.25) is 4.79 Å². The van der Waals surface area contributed by atoms with Crippen LogP contribution in [0.4, 0.5) is 4.79 Å². The molecule has 3 nitrogen and oxygen atoms in total. The topological polar surface area (TPSA) is 57.5 Å². The zero-order valence-electron chi connectivity index (χ0n) is 5.45. The number of hydrogen-bond acceptors (Lipinski definition) is 5. The zero-order chi connectivity index (χ0) is 7.82. The van der Waals surface area contributed by atoms with E-state index in [0.29, 0.717) is 11.5 Å². The normalized spacial score (nSPS) is 9.80. The first-order chi connectivity index (χ1) is 4.81. The van der Waals surface area contributed by atoms with Crippen molar-refractivity contribution in [2.24, 2.45) is 0 Å².